The van der Waals surface area contributed by atoms with E-state index in [4.69, 9.17) is 33.4 Å². The van der Waals surface area contributed by atoms with Crippen molar-refractivity contribution in [2.24, 2.45) is 0 Å². The molecule has 0 radical (unpaired) electrons. The first-order valence-corrected chi connectivity index (χ1v) is 8.17. The van der Waals surface area contributed by atoms with Gasteiger partial charge in [-0.3, -0.25) is 0 Å². The molecule has 21 heavy (non-hydrogen) atoms. The predicted octanol–water partition coefficient (Wildman–Crippen LogP) is 1.72. The minimum absolute atomic E-state index is 0.0585. The molecule has 3 N–H and O–H groups in total. The van der Waals surface area contributed by atoms with Gasteiger partial charge in [-0.1, -0.05) is 23.2 Å². The number of aryl methyl sites for hydroxylation is 1. The van der Waals surface area contributed by atoms with Gasteiger partial charge in [0.05, 0.1) is 5.02 Å². The maximum atomic E-state index is 12.2. The molecule has 0 aliphatic carbocycles. The van der Waals surface area contributed by atoms with Crippen LogP contribution in [0.3, 0.4) is 0 Å². The van der Waals surface area contributed by atoms with Crippen molar-refractivity contribution < 1.29 is 23.4 Å². The van der Waals surface area contributed by atoms with Gasteiger partial charge in [-0.05, 0) is 37.5 Å². The average Bonchev–Trinajstić information content (AvgIpc) is 2.35. The monoisotopic (exact) mass is 355 g/mol. The number of aliphatic hydroxyl groups excluding tert-OH is 1. The topological polar surface area (TPSA) is 104 Å². The summed E-state index contributed by atoms with van der Waals surface area (Å²) in [6, 6.07) is 1.56. The number of benzene rings is 1. The van der Waals surface area contributed by atoms with E-state index in [1.807, 2.05) is 0 Å². The van der Waals surface area contributed by atoms with Gasteiger partial charge in [-0.2, -0.15) is 0 Å². The number of sulfonamides is 1. The van der Waals surface area contributed by atoms with E-state index in [9.17, 15) is 13.2 Å². The summed E-state index contributed by atoms with van der Waals surface area (Å²) in [5, 5.41) is 18.0. The standard InChI is InChI=1S/C12H15Cl2NO5S/c1-6-5-8(13)7(2)11(10(6)14)21(19,20)15-4-3-9(16)12(17)18/h5,9,15-16H,3-4H2,1-2H3,(H,17,18). The van der Waals surface area contributed by atoms with Crippen molar-refractivity contribution in [2.75, 3.05) is 6.54 Å². The van der Waals surface area contributed by atoms with Crippen LogP contribution < -0.4 is 4.72 Å². The van der Waals surface area contributed by atoms with Crippen molar-refractivity contribution >= 4 is 39.2 Å². The van der Waals surface area contributed by atoms with Gasteiger partial charge in [0, 0.05) is 11.6 Å². The third-order valence-electron chi connectivity index (χ3n) is 2.85. The Bertz CT molecular complexity index is 634. The Kier molecular flexibility index (Phi) is 6.01. The van der Waals surface area contributed by atoms with Gasteiger partial charge >= 0.3 is 5.97 Å². The van der Waals surface area contributed by atoms with Crippen LogP contribution in [0.4, 0.5) is 0 Å². The van der Waals surface area contributed by atoms with E-state index in [0.29, 0.717) is 11.1 Å². The lowest BCUT2D eigenvalue weighted by molar-refractivity contribution is -0.146. The van der Waals surface area contributed by atoms with Crippen molar-refractivity contribution in [3.8, 4) is 0 Å². The van der Waals surface area contributed by atoms with E-state index in [1.54, 1.807) is 13.0 Å². The fraction of sp³-hybridized carbons (Fsp3) is 0.417. The molecule has 118 valence electrons. The van der Waals surface area contributed by atoms with Crippen LogP contribution in [0.1, 0.15) is 17.5 Å². The molecule has 0 fully saturated rings. The van der Waals surface area contributed by atoms with Gasteiger partial charge in [0.1, 0.15) is 4.90 Å². The van der Waals surface area contributed by atoms with Crippen LogP contribution in [0.25, 0.3) is 0 Å². The van der Waals surface area contributed by atoms with E-state index in [-0.39, 0.29) is 27.9 Å². The summed E-state index contributed by atoms with van der Waals surface area (Å²) >= 11 is 12.0. The van der Waals surface area contributed by atoms with Gasteiger partial charge in [-0.25, -0.2) is 17.9 Å². The Labute approximate surface area is 132 Å². The molecule has 9 heteroatoms. The normalized spacial score (nSPS) is 13.2. The van der Waals surface area contributed by atoms with Crippen LogP contribution in [0.2, 0.25) is 10.0 Å². The lowest BCUT2D eigenvalue weighted by Crippen LogP contribution is -2.30. The summed E-state index contributed by atoms with van der Waals surface area (Å²) in [6.45, 7) is 2.91. The molecule has 0 heterocycles. The van der Waals surface area contributed by atoms with Crippen LogP contribution in [-0.4, -0.2) is 37.2 Å². The highest BCUT2D eigenvalue weighted by molar-refractivity contribution is 7.89. The number of hydrogen-bond donors (Lipinski definition) is 3. The van der Waals surface area contributed by atoms with Crippen molar-refractivity contribution in [1.29, 1.82) is 0 Å². The van der Waals surface area contributed by atoms with Crippen molar-refractivity contribution in [3.05, 3.63) is 27.2 Å². The highest BCUT2D eigenvalue weighted by Gasteiger charge is 2.24. The molecule has 0 aliphatic heterocycles. The van der Waals surface area contributed by atoms with Gasteiger partial charge in [0.15, 0.2) is 6.10 Å². The summed E-state index contributed by atoms with van der Waals surface area (Å²) in [5.41, 5.74) is 0.816. The zero-order valence-corrected chi connectivity index (χ0v) is 13.7. The predicted molar refractivity (Wildman–Crippen MR) is 79.4 cm³/mol. The zero-order valence-electron chi connectivity index (χ0n) is 11.4. The Morgan fingerprint density at radius 2 is 1.95 bits per heavy atom. The van der Waals surface area contributed by atoms with E-state index in [0.717, 1.165) is 0 Å². The molecule has 0 aliphatic rings. The molecule has 0 saturated heterocycles. The summed E-state index contributed by atoms with van der Waals surface area (Å²) in [6.07, 6.45) is -1.89. The fourth-order valence-corrected chi connectivity index (χ4v) is 3.92. The number of aliphatic carboxylic acids is 1. The number of carboxylic acids is 1. The summed E-state index contributed by atoms with van der Waals surface area (Å²) in [4.78, 5) is 10.3. The fourth-order valence-electron chi connectivity index (χ4n) is 1.66. The lowest BCUT2D eigenvalue weighted by Gasteiger charge is -2.14. The van der Waals surface area contributed by atoms with Crippen molar-refractivity contribution in [2.45, 2.75) is 31.3 Å². The first-order valence-electron chi connectivity index (χ1n) is 5.93. The first-order chi connectivity index (χ1) is 9.58. The Morgan fingerprint density at radius 1 is 1.38 bits per heavy atom. The van der Waals surface area contributed by atoms with Gasteiger partial charge in [-0.15, -0.1) is 0 Å². The van der Waals surface area contributed by atoms with Gasteiger partial charge < -0.3 is 10.2 Å². The van der Waals surface area contributed by atoms with Crippen LogP contribution in [-0.2, 0) is 14.8 Å². The number of aliphatic hydroxyl groups is 1. The summed E-state index contributed by atoms with van der Waals surface area (Å²) in [5.74, 6) is -1.41. The Morgan fingerprint density at radius 3 is 2.48 bits per heavy atom. The zero-order chi connectivity index (χ0) is 16.4. The molecule has 1 unspecified atom stereocenters. The quantitative estimate of drug-likeness (QED) is 0.720. The lowest BCUT2D eigenvalue weighted by atomic mass is 10.2. The molecule has 0 spiro atoms. The molecule has 1 rings (SSSR count). The third-order valence-corrected chi connectivity index (χ3v) is 5.47. The van der Waals surface area contributed by atoms with Gasteiger partial charge in [0.2, 0.25) is 10.0 Å². The molecule has 0 amide bonds. The maximum absolute atomic E-state index is 12.2. The van der Waals surface area contributed by atoms with Crippen molar-refractivity contribution in [1.82, 2.24) is 4.72 Å². The number of carbonyl (C=O) groups is 1. The molecule has 6 nitrogen and oxygen atoms in total. The number of carboxylic acid groups (broad SMARTS) is 1. The molecule has 1 atom stereocenters. The number of hydrogen-bond acceptors (Lipinski definition) is 4. The number of rotatable bonds is 6. The molecule has 0 aromatic heterocycles. The maximum Gasteiger partial charge on any atom is 0.332 e. The molecular formula is C12H15Cl2NO5S. The molecule has 1 aromatic rings. The van der Waals surface area contributed by atoms with Crippen LogP contribution in [0.15, 0.2) is 11.0 Å². The largest absolute Gasteiger partial charge is 0.479 e. The highest BCUT2D eigenvalue weighted by Crippen LogP contribution is 2.33. The SMILES string of the molecule is Cc1cc(Cl)c(C)c(S(=O)(=O)NCCC(O)C(=O)O)c1Cl. The first kappa shape index (κ1) is 18.2. The molecular weight excluding hydrogens is 341 g/mol. The second kappa shape index (κ2) is 6.93. The molecule has 0 bridgehead atoms. The average molecular weight is 356 g/mol. The third kappa shape index (κ3) is 4.31. The van der Waals surface area contributed by atoms with E-state index < -0.39 is 22.1 Å². The Balaban J connectivity index is 3.02. The second-order valence-corrected chi connectivity index (χ2v) is 6.97. The minimum atomic E-state index is -3.96. The van der Waals surface area contributed by atoms with Crippen molar-refractivity contribution in [3.63, 3.8) is 0 Å². The highest BCUT2D eigenvalue weighted by atomic mass is 35.5. The van der Waals surface area contributed by atoms with Crippen LogP contribution in [0.5, 0.6) is 0 Å². The second-order valence-electron chi connectivity index (χ2n) is 4.48. The van der Waals surface area contributed by atoms with E-state index in [2.05, 4.69) is 4.72 Å². The van der Waals surface area contributed by atoms with Gasteiger partial charge in [0.25, 0.3) is 0 Å². The Hall–Kier alpha value is -0.860. The number of halogens is 2. The van der Waals surface area contributed by atoms with Crippen LogP contribution >= 0.6 is 23.2 Å². The summed E-state index contributed by atoms with van der Waals surface area (Å²) in [7, 11) is -3.96. The summed E-state index contributed by atoms with van der Waals surface area (Å²) < 4.78 is 26.7. The molecule has 1 aromatic carbocycles. The number of nitrogens with one attached hydrogen (secondary N) is 1. The van der Waals surface area contributed by atoms with E-state index >= 15 is 0 Å². The van der Waals surface area contributed by atoms with E-state index in [1.165, 1.54) is 6.92 Å². The van der Waals surface area contributed by atoms with Crippen LogP contribution in [0, 0.1) is 13.8 Å². The molecule has 0 saturated carbocycles. The smallest absolute Gasteiger partial charge is 0.332 e. The minimum Gasteiger partial charge on any atom is -0.479 e.